The van der Waals surface area contributed by atoms with Crippen LogP contribution in [0, 0.1) is 6.92 Å². The first-order valence-corrected chi connectivity index (χ1v) is 5.53. The molecular formula is C11H11NOS. The molecule has 3 heteroatoms. The van der Waals surface area contributed by atoms with Gasteiger partial charge >= 0.3 is 0 Å². The molecule has 0 saturated carbocycles. The van der Waals surface area contributed by atoms with Gasteiger partial charge in [-0.3, -0.25) is 9.79 Å². The third kappa shape index (κ3) is 1.73. The highest BCUT2D eigenvalue weighted by molar-refractivity contribution is 8.14. The monoisotopic (exact) mass is 205 g/mol. The first kappa shape index (κ1) is 9.46. The molecule has 0 radical (unpaired) electrons. The van der Waals surface area contributed by atoms with Crippen molar-refractivity contribution in [1.82, 2.24) is 0 Å². The van der Waals surface area contributed by atoms with Crippen molar-refractivity contribution in [3.05, 3.63) is 34.9 Å². The van der Waals surface area contributed by atoms with Crippen LogP contribution in [0.2, 0.25) is 0 Å². The van der Waals surface area contributed by atoms with Gasteiger partial charge in [-0.25, -0.2) is 0 Å². The largest absolute Gasteiger partial charge is 0.298 e. The normalized spacial score (nSPS) is 15.4. The van der Waals surface area contributed by atoms with Crippen molar-refractivity contribution in [3.8, 4) is 0 Å². The summed E-state index contributed by atoms with van der Waals surface area (Å²) < 4.78 is 0. The Morgan fingerprint density at radius 3 is 2.93 bits per heavy atom. The highest BCUT2D eigenvalue weighted by atomic mass is 32.2. The van der Waals surface area contributed by atoms with Crippen LogP contribution in [-0.4, -0.2) is 23.6 Å². The van der Waals surface area contributed by atoms with Gasteiger partial charge in [0.05, 0.1) is 5.04 Å². The van der Waals surface area contributed by atoms with Gasteiger partial charge < -0.3 is 0 Å². The molecule has 1 aromatic carbocycles. The standard InChI is InChI=1S/C11H11NOS/c1-8-6-9(7-13)2-3-10(8)11-12-4-5-14-11/h2-3,6-7H,4-5H2,1H3. The maximum atomic E-state index is 10.6. The molecule has 14 heavy (non-hydrogen) atoms. The number of rotatable bonds is 2. The van der Waals surface area contributed by atoms with E-state index in [9.17, 15) is 4.79 Å². The Balaban J connectivity index is 2.39. The summed E-state index contributed by atoms with van der Waals surface area (Å²) in [6.45, 7) is 2.93. The van der Waals surface area contributed by atoms with Crippen molar-refractivity contribution in [2.75, 3.05) is 12.3 Å². The average Bonchev–Trinajstić information content (AvgIpc) is 2.70. The molecule has 0 spiro atoms. The van der Waals surface area contributed by atoms with Gasteiger partial charge in [0.15, 0.2) is 0 Å². The Bertz CT molecular complexity index is 398. The summed E-state index contributed by atoms with van der Waals surface area (Å²) in [5.74, 6) is 1.07. The molecule has 0 aromatic heterocycles. The molecule has 0 unspecified atom stereocenters. The van der Waals surface area contributed by atoms with Crippen molar-refractivity contribution in [2.45, 2.75) is 6.92 Å². The van der Waals surface area contributed by atoms with Crippen LogP contribution in [0.15, 0.2) is 23.2 Å². The van der Waals surface area contributed by atoms with Crippen molar-refractivity contribution in [2.24, 2.45) is 4.99 Å². The number of hydrogen-bond acceptors (Lipinski definition) is 3. The zero-order valence-corrected chi connectivity index (χ0v) is 8.80. The molecule has 1 aliphatic rings. The number of carbonyl (C=O) groups is 1. The summed E-state index contributed by atoms with van der Waals surface area (Å²) in [5.41, 5.74) is 3.02. The van der Waals surface area contributed by atoms with Crippen molar-refractivity contribution in [3.63, 3.8) is 0 Å². The summed E-state index contributed by atoms with van der Waals surface area (Å²) >= 11 is 1.78. The second-order valence-electron chi connectivity index (χ2n) is 3.23. The summed E-state index contributed by atoms with van der Waals surface area (Å²) in [7, 11) is 0. The SMILES string of the molecule is Cc1cc(C=O)ccc1C1=NCCS1. The third-order valence-electron chi connectivity index (χ3n) is 2.20. The van der Waals surface area contributed by atoms with Gasteiger partial charge in [0.25, 0.3) is 0 Å². The minimum Gasteiger partial charge on any atom is -0.298 e. The van der Waals surface area contributed by atoms with Gasteiger partial charge in [0, 0.05) is 23.4 Å². The van der Waals surface area contributed by atoms with Crippen LogP contribution in [0.3, 0.4) is 0 Å². The first-order valence-electron chi connectivity index (χ1n) is 4.55. The third-order valence-corrected chi connectivity index (χ3v) is 3.21. The molecule has 72 valence electrons. The number of thioether (sulfide) groups is 1. The average molecular weight is 205 g/mol. The second kappa shape index (κ2) is 3.96. The molecule has 1 aliphatic heterocycles. The fourth-order valence-electron chi connectivity index (χ4n) is 1.50. The minimum atomic E-state index is 0.731. The number of hydrogen-bond donors (Lipinski definition) is 0. The Kier molecular flexibility index (Phi) is 2.68. The molecule has 0 fully saturated rings. The minimum absolute atomic E-state index is 0.731. The van der Waals surface area contributed by atoms with Crippen LogP contribution in [0.5, 0.6) is 0 Å². The highest BCUT2D eigenvalue weighted by Crippen LogP contribution is 2.22. The number of nitrogens with zero attached hydrogens (tertiary/aromatic N) is 1. The fraction of sp³-hybridized carbons (Fsp3) is 0.273. The van der Waals surface area contributed by atoms with Gasteiger partial charge in [0.2, 0.25) is 0 Å². The van der Waals surface area contributed by atoms with E-state index in [0.717, 1.165) is 40.3 Å². The van der Waals surface area contributed by atoms with Crippen LogP contribution < -0.4 is 0 Å². The quantitative estimate of drug-likeness (QED) is 0.693. The van der Waals surface area contributed by atoms with Gasteiger partial charge in [-0.15, -0.1) is 11.8 Å². The van der Waals surface area contributed by atoms with Crippen molar-refractivity contribution < 1.29 is 4.79 Å². The molecular weight excluding hydrogens is 194 g/mol. The van der Waals surface area contributed by atoms with E-state index < -0.39 is 0 Å². The van der Waals surface area contributed by atoms with E-state index in [-0.39, 0.29) is 0 Å². The van der Waals surface area contributed by atoms with Gasteiger partial charge in [-0.05, 0) is 18.6 Å². The van der Waals surface area contributed by atoms with Gasteiger partial charge in [0.1, 0.15) is 6.29 Å². The van der Waals surface area contributed by atoms with Crippen LogP contribution in [0.1, 0.15) is 21.5 Å². The van der Waals surface area contributed by atoms with E-state index in [1.807, 2.05) is 25.1 Å². The summed E-state index contributed by atoms with van der Waals surface area (Å²) in [5, 5.41) is 1.11. The lowest BCUT2D eigenvalue weighted by atomic mass is 10.1. The van der Waals surface area contributed by atoms with Crippen LogP contribution in [0.25, 0.3) is 0 Å². The molecule has 1 aromatic rings. The van der Waals surface area contributed by atoms with E-state index in [1.165, 1.54) is 0 Å². The fourth-order valence-corrected chi connectivity index (χ4v) is 2.44. The zero-order valence-electron chi connectivity index (χ0n) is 7.99. The summed E-state index contributed by atoms with van der Waals surface area (Å²) in [4.78, 5) is 15.0. The molecule has 2 rings (SSSR count). The molecule has 0 bridgehead atoms. The predicted molar refractivity (Wildman–Crippen MR) is 60.4 cm³/mol. The van der Waals surface area contributed by atoms with Crippen molar-refractivity contribution >= 4 is 23.1 Å². The highest BCUT2D eigenvalue weighted by Gasteiger charge is 2.11. The Labute approximate surface area is 87.4 Å². The Morgan fingerprint density at radius 2 is 2.36 bits per heavy atom. The first-order chi connectivity index (χ1) is 6.81. The smallest absolute Gasteiger partial charge is 0.150 e. The number of carbonyl (C=O) groups excluding carboxylic acids is 1. The molecule has 2 nitrogen and oxygen atoms in total. The number of benzene rings is 1. The van der Waals surface area contributed by atoms with Crippen LogP contribution in [-0.2, 0) is 0 Å². The summed E-state index contributed by atoms with van der Waals surface area (Å²) in [6, 6.07) is 5.73. The molecule has 0 N–H and O–H groups in total. The van der Waals surface area contributed by atoms with E-state index in [0.29, 0.717) is 0 Å². The molecule has 0 atom stereocenters. The van der Waals surface area contributed by atoms with E-state index >= 15 is 0 Å². The molecule has 0 amide bonds. The maximum absolute atomic E-state index is 10.6. The Morgan fingerprint density at radius 1 is 1.50 bits per heavy atom. The van der Waals surface area contributed by atoms with E-state index in [2.05, 4.69) is 4.99 Å². The molecule has 0 aliphatic carbocycles. The predicted octanol–water partition coefficient (Wildman–Crippen LogP) is 2.30. The Hall–Kier alpha value is -1.09. The van der Waals surface area contributed by atoms with Crippen LogP contribution >= 0.6 is 11.8 Å². The molecule has 1 heterocycles. The number of aliphatic imine (C=N–C) groups is 1. The van der Waals surface area contributed by atoms with E-state index in [1.54, 1.807) is 11.8 Å². The molecule has 0 saturated heterocycles. The lowest BCUT2D eigenvalue weighted by Crippen LogP contribution is -1.96. The topological polar surface area (TPSA) is 29.4 Å². The summed E-state index contributed by atoms with van der Waals surface area (Å²) in [6.07, 6.45) is 0.875. The lowest BCUT2D eigenvalue weighted by Gasteiger charge is -2.04. The second-order valence-corrected chi connectivity index (χ2v) is 4.31. The van der Waals surface area contributed by atoms with Crippen molar-refractivity contribution in [1.29, 1.82) is 0 Å². The van der Waals surface area contributed by atoms with Crippen LogP contribution in [0.4, 0.5) is 0 Å². The lowest BCUT2D eigenvalue weighted by molar-refractivity contribution is 0.112. The zero-order chi connectivity index (χ0) is 9.97. The maximum Gasteiger partial charge on any atom is 0.150 e. The number of aldehydes is 1. The van der Waals surface area contributed by atoms with Gasteiger partial charge in [-0.1, -0.05) is 12.1 Å². The van der Waals surface area contributed by atoms with E-state index in [4.69, 9.17) is 0 Å². The number of aryl methyl sites for hydroxylation is 1. The van der Waals surface area contributed by atoms with Gasteiger partial charge in [-0.2, -0.15) is 0 Å².